The van der Waals surface area contributed by atoms with Crippen LogP contribution < -0.4 is 9.62 Å². The summed E-state index contributed by atoms with van der Waals surface area (Å²) in [6.07, 6.45) is 3.04. The van der Waals surface area contributed by atoms with Crippen LogP contribution in [0.1, 0.15) is 36.5 Å². The number of nitrogens with one attached hydrogen (secondary N) is 1. The monoisotopic (exact) mass is 569 g/mol. The maximum atomic E-state index is 14.0. The van der Waals surface area contributed by atoms with Crippen molar-refractivity contribution >= 4 is 39.1 Å². The highest BCUT2D eigenvalue weighted by Crippen LogP contribution is 2.23. The van der Waals surface area contributed by atoms with Gasteiger partial charge in [-0.15, -0.1) is 0 Å². The average molecular weight is 570 g/mol. The lowest BCUT2D eigenvalue weighted by Gasteiger charge is -2.33. The summed E-state index contributed by atoms with van der Waals surface area (Å²) in [4.78, 5) is 29.1. The molecule has 0 aliphatic rings. The molecular formula is C30H36ClN3O4S. The van der Waals surface area contributed by atoms with Crippen molar-refractivity contribution in [2.24, 2.45) is 0 Å². The van der Waals surface area contributed by atoms with E-state index in [0.717, 1.165) is 34.5 Å². The minimum atomic E-state index is -3.81. The summed E-state index contributed by atoms with van der Waals surface area (Å²) in [5.74, 6) is -0.803. The van der Waals surface area contributed by atoms with Crippen molar-refractivity contribution in [2.75, 3.05) is 23.7 Å². The second-order valence-corrected chi connectivity index (χ2v) is 11.9. The number of unbranched alkanes of at least 4 members (excludes halogenated alkanes) is 1. The van der Waals surface area contributed by atoms with Crippen molar-refractivity contribution in [3.8, 4) is 0 Å². The van der Waals surface area contributed by atoms with Gasteiger partial charge in [-0.25, -0.2) is 8.42 Å². The normalized spacial score (nSPS) is 12.0. The van der Waals surface area contributed by atoms with Gasteiger partial charge in [0.25, 0.3) is 0 Å². The molecule has 7 nitrogen and oxygen atoms in total. The van der Waals surface area contributed by atoms with Gasteiger partial charge in [0, 0.05) is 24.5 Å². The summed E-state index contributed by atoms with van der Waals surface area (Å²) in [6.45, 7) is 3.95. The lowest BCUT2D eigenvalue weighted by Crippen LogP contribution is -2.53. The molecule has 0 radical (unpaired) electrons. The number of rotatable bonds is 13. The van der Waals surface area contributed by atoms with Crippen LogP contribution in [-0.4, -0.2) is 50.5 Å². The molecule has 0 saturated heterocycles. The molecule has 9 heteroatoms. The zero-order valence-corrected chi connectivity index (χ0v) is 24.2. The minimum Gasteiger partial charge on any atom is -0.354 e. The number of benzene rings is 3. The summed E-state index contributed by atoms with van der Waals surface area (Å²) < 4.78 is 26.8. The number of halogens is 1. The molecule has 39 heavy (non-hydrogen) atoms. The first-order valence-electron chi connectivity index (χ1n) is 13.0. The number of carbonyl (C=O) groups is 2. The zero-order valence-electron chi connectivity index (χ0n) is 22.6. The molecule has 1 atom stereocenters. The summed E-state index contributed by atoms with van der Waals surface area (Å²) in [5, 5.41) is 3.42. The highest BCUT2D eigenvalue weighted by molar-refractivity contribution is 7.92. The minimum absolute atomic E-state index is 0.0443. The summed E-state index contributed by atoms with van der Waals surface area (Å²) in [5.41, 5.74) is 2.78. The molecule has 1 N–H and O–H groups in total. The van der Waals surface area contributed by atoms with E-state index < -0.39 is 28.5 Å². The number of carbonyl (C=O) groups excluding carboxylic acids is 2. The van der Waals surface area contributed by atoms with Gasteiger partial charge in [-0.05, 0) is 48.2 Å². The molecule has 0 heterocycles. The van der Waals surface area contributed by atoms with Crippen molar-refractivity contribution in [2.45, 2.75) is 45.7 Å². The Bertz CT molecular complexity index is 1370. The Hall–Kier alpha value is -3.36. The quantitative estimate of drug-likeness (QED) is 0.294. The van der Waals surface area contributed by atoms with Gasteiger partial charge in [0.05, 0.1) is 11.9 Å². The SMILES string of the molecule is CCCCNC(=O)C(Cc1ccccc1)N(Cc1ccccc1Cl)C(=O)CN(c1cccc(C)c1)S(C)(=O)=O. The third kappa shape index (κ3) is 8.83. The Morgan fingerprint density at radius 2 is 1.67 bits per heavy atom. The standard InChI is InChI=1S/C30H36ClN3O4S/c1-4-5-18-32-30(36)28(20-24-13-7-6-8-14-24)33(21-25-15-9-10-17-27(25)31)29(35)22-34(39(3,37)38)26-16-11-12-23(2)19-26/h6-17,19,28H,4-5,18,20-22H2,1-3H3,(H,32,36). The fourth-order valence-corrected chi connectivity index (χ4v) is 5.30. The van der Waals surface area contributed by atoms with Gasteiger partial charge in [0.15, 0.2) is 0 Å². The maximum Gasteiger partial charge on any atom is 0.244 e. The number of nitrogens with zero attached hydrogens (tertiary/aromatic N) is 2. The van der Waals surface area contributed by atoms with E-state index in [0.29, 0.717) is 22.8 Å². The van der Waals surface area contributed by atoms with Crippen LogP contribution in [0.25, 0.3) is 0 Å². The van der Waals surface area contributed by atoms with Crippen LogP contribution in [-0.2, 0) is 32.6 Å². The molecule has 0 aliphatic heterocycles. The fourth-order valence-electron chi connectivity index (χ4n) is 4.27. The van der Waals surface area contributed by atoms with Gasteiger partial charge >= 0.3 is 0 Å². The lowest BCUT2D eigenvalue weighted by molar-refractivity contribution is -0.140. The number of anilines is 1. The molecule has 1 unspecified atom stereocenters. The highest BCUT2D eigenvalue weighted by atomic mass is 35.5. The van der Waals surface area contributed by atoms with Gasteiger partial charge in [-0.1, -0.05) is 85.6 Å². The van der Waals surface area contributed by atoms with Crippen molar-refractivity contribution < 1.29 is 18.0 Å². The van der Waals surface area contributed by atoms with Gasteiger partial charge < -0.3 is 10.2 Å². The van der Waals surface area contributed by atoms with Crippen molar-refractivity contribution in [3.63, 3.8) is 0 Å². The molecule has 0 saturated carbocycles. The molecule has 0 bridgehead atoms. The molecule has 3 aromatic rings. The first-order valence-corrected chi connectivity index (χ1v) is 15.2. The van der Waals surface area contributed by atoms with E-state index >= 15 is 0 Å². The topological polar surface area (TPSA) is 86.8 Å². The summed E-state index contributed by atoms with van der Waals surface area (Å²) in [7, 11) is -3.81. The number of sulfonamides is 1. The van der Waals surface area contributed by atoms with Gasteiger partial charge in [-0.2, -0.15) is 0 Å². The number of hydrogen-bond acceptors (Lipinski definition) is 4. The molecule has 0 aromatic heterocycles. The van der Waals surface area contributed by atoms with Gasteiger partial charge in [0.2, 0.25) is 21.8 Å². The van der Waals surface area contributed by atoms with Crippen LogP contribution in [0, 0.1) is 6.92 Å². The third-order valence-corrected chi connectivity index (χ3v) is 7.88. The van der Waals surface area contributed by atoms with Gasteiger partial charge in [0.1, 0.15) is 12.6 Å². The smallest absolute Gasteiger partial charge is 0.244 e. The molecule has 0 fully saturated rings. The van der Waals surface area contributed by atoms with Crippen LogP contribution in [0.5, 0.6) is 0 Å². The summed E-state index contributed by atoms with van der Waals surface area (Å²) >= 11 is 6.47. The number of aryl methyl sites for hydroxylation is 1. The van der Waals surface area contributed by atoms with E-state index in [1.165, 1.54) is 4.90 Å². The van der Waals surface area contributed by atoms with Gasteiger partial charge in [-0.3, -0.25) is 13.9 Å². The van der Waals surface area contributed by atoms with E-state index in [1.54, 1.807) is 36.4 Å². The van der Waals surface area contributed by atoms with E-state index in [9.17, 15) is 18.0 Å². The Morgan fingerprint density at radius 1 is 0.974 bits per heavy atom. The predicted octanol–water partition coefficient (Wildman–Crippen LogP) is 4.97. The number of amides is 2. The third-order valence-electron chi connectivity index (χ3n) is 6.37. The first-order chi connectivity index (χ1) is 18.6. The van der Waals surface area contributed by atoms with Crippen LogP contribution in [0.2, 0.25) is 5.02 Å². The highest BCUT2D eigenvalue weighted by Gasteiger charge is 2.33. The molecule has 2 amide bonds. The Balaban J connectivity index is 2.04. The molecular weight excluding hydrogens is 534 g/mol. The second-order valence-electron chi connectivity index (χ2n) is 9.57. The van der Waals surface area contributed by atoms with Crippen LogP contribution in [0.15, 0.2) is 78.9 Å². The van der Waals surface area contributed by atoms with Crippen molar-refractivity contribution in [1.82, 2.24) is 10.2 Å². The Morgan fingerprint density at radius 3 is 2.31 bits per heavy atom. The number of hydrogen-bond donors (Lipinski definition) is 1. The van der Waals surface area contributed by atoms with E-state index in [2.05, 4.69) is 5.32 Å². The molecule has 3 aromatic carbocycles. The Kier molecular flexibility index (Phi) is 10.9. The molecule has 0 spiro atoms. The van der Waals surface area contributed by atoms with E-state index in [-0.39, 0.29) is 18.9 Å². The van der Waals surface area contributed by atoms with Crippen LogP contribution >= 0.6 is 11.6 Å². The Labute approximate surface area is 236 Å². The maximum absolute atomic E-state index is 14.0. The predicted molar refractivity (Wildman–Crippen MR) is 157 cm³/mol. The molecule has 208 valence electrons. The largest absolute Gasteiger partial charge is 0.354 e. The van der Waals surface area contributed by atoms with E-state index in [1.807, 2.05) is 56.3 Å². The van der Waals surface area contributed by atoms with Crippen LogP contribution in [0.3, 0.4) is 0 Å². The molecule has 0 aliphatic carbocycles. The molecule has 3 rings (SSSR count). The van der Waals surface area contributed by atoms with E-state index in [4.69, 9.17) is 11.6 Å². The van der Waals surface area contributed by atoms with Crippen molar-refractivity contribution in [1.29, 1.82) is 0 Å². The van der Waals surface area contributed by atoms with Crippen molar-refractivity contribution in [3.05, 3.63) is 101 Å². The van der Waals surface area contributed by atoms with Crippen LogP contribution in [0.4, 0.5) is 5.69 Å². The summed E-state index contributed by atoms with van der Waals surface area (Å²) in [6, 6.07) is 22.7. The first kappa shape index (κ1) is 30.2. The second kappa shape index (κ2) is 14.1. The average Bonchev–Trinajstić information content (AvgIpc) is 2.90. The fraction of sp³-hybridized carbons (Fsp3) is 0.333. The lowest BCUT2D eigenvalue weighted by atomic mass is 10.0. The zero-order chi connectivity index (χ0) is 28.4.